The van der Waals surface area contributed by atoms with Crippen LogP contribution in [0.5, 0.6) is 0 Å². The molecule has 1 aliphatic rings. The highest BCUT2D eigenvalue weighted by Crippen LogP contribution is 2.33. The number of nitrogens with one attached hydrogen (secondary N) is 1. The van der Waals surface area contributed by atoms with Crippen molar-refractivity contribution in [2.45, 2.75) is 18.6 Å². The molecule has 3 N–H and O–H groups in total. The summed E-state index contributed by atoms with van der Waals surface area (Å²) in [6.45, 7) is 2.32. The second kappa shape index (κ2) is 7.91. The minimum Gasteiger partial charge on any atom is -0.366 e. The van der Waals surface area contributed by atoms with Gasteiger partial charge in [-0.25, -0.2) is 9.97 Å². The molecular formula is C21H20F3N5O. The Labute approximate surface area is 170 Å². The van der Waals surface area contributed by atoms with Gasteiger partial charge in [0, 0.05) is 11.9 Å². The lowest BCUT2D eigenvalue weighted by atomic mass is 10.0. The summed E-state index contributed by atoms with van der Waals surface area (Å²) in [5.74, 6) is -0.175. The average Bonchev–Trinajstić information content (AvgIpc) is 2.68. The fourth-order valence-corrected chi connectivity index (χ4v) is 3.56. The molecule has 156 valence electrons. The number of anilines is 1. The van der Waals surface area contributed by atoms with Gasteiger partial charge in [0.25, 0.3) is 5.91 Å². The second-order valence-corrected chi connectivity index (χ2v) is 7.26. The molecule has 3 aromatic rings. The summed E-state index contributed by atoms with van der Waals surface area (Å²) in [5, 5.41) is 3.85. The number of hydrogen-bond acceptors (Lipinski definition) is 5. The Bertz CT molecular complexity index is 1080. The van der Waals surface area contributed by atoms with Crippen LogP contribution in [-0.4, -0.2) is 40.4 Å². The molecule has 6 nitrogen and oxygen atoms in total. The first-order chi connectivity index (χ1) is 14.3. The summed E-state index contributed by atoms with van der Waals surface area (Å²) in [7, 11) is 0. The molecule has 1 amide bonds. The van der Waals surface area contributed by atoms with Crippen LogP contribution in [0.4, 0.5) is 19.0 Å². The van der Waals surface area contributed by atoms with E-state index in [0.717, 1.165) is 31.6 Å². The van der Waals surface area contributed by atoms with Gasteiger partial charge >= 0.3 is 6.18 Å². The molecule has 4 rings (SSSR count). The number of hydrogen-bond donors (Lipinski definition) is 2. The van der Waals surface area contributed by atoms with Gasteiger partial charge in [-0.3, -0.25) is 4.79 Å². The van der Waals surface area contributed by atoms with Crippen molar-refractivity contribution >= 4 is 22.6 Å². The van der Waals surface area contributed by atoms with E-state index in [-0.39, 0.29) is 5.56 Å². The first-order valence-electron chi connectivity index (χ1n) is 9.52. The number of alkyl halides is 3. The Balaban J connectivity index is 1.73. The second-order valence-electron chi connectivity index (χ2n) is 7.26. The highest BCUT2D eigenvalue weighted by atomic mass is 19.4. The molecule has 1 unspecified atom stereocenters. The summed E-state index contributed by atoms with van der Waals surface area (Å²) in [6.07, 6.45) is -2.05. The number of amides is 1. The number of likely N-dealkylation sites (tertiary alicyclic amines) is 1. The van der Waals surface area contributed by atoms with Crippen LogP contribution in [0.15, 0.2) is 48.8 Å². The van der Waals surface area contributed by atoms with E-state index >= 15 is 0 Å². The number of nitrogens with two attached hydrogens (primary N) is 1. The minimum absolute atomic E-state index is 0.260. The van der Waals surface area contributed by atoms with Crippen molar-refractivity contribution in [3.8, 4) is 0 Å². The molecule has 30 heavy (non-hydrogen) atoms. The quantitative estimate of drug-likeness (QED) is 0.643. The Morgan fingerprint density at radius 2 is 1.93 bits per heavy atom. The van der Waals surface area contributed by atoms with Crippen LogP contribution in [0.2, 0.25) is 0 Å². The van der Waals surface area contributed by atoms with Crippen molar-refractivity contribution in [3.63, 3.8) is 0 Å². The van der Waals surface area contributed by atoms with E-state index in [2.05, 4.69) is 20.2 Å². The summed E-state index contributed by atoms with van der Waals surface area (Å²) >= 11 is 0. The Hall–Kier alpha value is -3.20. The zero-order valence-electron chi connectivity index (χ0n) is 16.0. The fraction of sp³-hybridized carbons (Fsp3) is 0.286. The number of nitrogens with zero attached hydrogens (tertiary/aromatic N) is 3. The van der Waals surface area contributed by atoms with E-state index in [4.69, 9.17) is 5.73 Å². The highest BCUT2D eigenvalue weighted by Gasteiger charge is 2.31. The maximum absolute atomic E-state index is 13.2. The van der Waals surface area contributed by atoms with Crippen LogP contribution in [0.3, 0.4) is 0 Å². The van der Waals surface area contributed by atoms with E-state index in [0.29, 0.717) is 28.8 Å². The van der Waals surface area contributed by atoms with Crippen LogP contribution in [0.25, 0.3) is 10.9 Å². The Morgan fingerprint density at radius 3 is 2.60 bits per heavy atom. The van der Waals surface area contributed by atoms with E-state index < -0.39 is 23.7 Å². The lowest BCUT2D eigenvalue weighted by molar-refractivity contribution is -0.137. The number of para-hydroxylation sites is 1. The van der Waals surface area contributed by atoms with Crippen LogP contribution >= 0.6 is 0 Å². The van der Waals surface area contributed by atoms with E-state index in [1.54, 1.807) is 24.3 Å². The predicted octanol–water partition coefficient (Wildman–Crippen LogP) is 3.61. The van der Waals surface area contributed by atoms with Crippen LogP contribution in [-0.2, 0) is 6.18 Å². The standard InChI is InChI=1S/C21H20F3N5O/c22-21(23,24)14-5-1-4-13(10-14)17(11-29-8-3-9-29)28-20-16-7-2-6-15(19(25)30)18(16)26-12-27-20/h1-2,4-7,10,12,17H,3,8-9,11H2,(H2,25,30)(H,26,27,28). The third kappa shape index (κ3) is 4.06. The lowest BCUT2D eigenvalue weighted by Gasteiger charge is -2.35. The molecule has 1 fully saturated rings. The summed E-state index contributed by atoms with van der Waals surface area (Å²) in [5.41, 5.74) is 5.91. The van der Waals surface area contributed by atoms with Gasteiger partial charge in [-0.15, -0.1) is 0 Å². The van der Waals surface area contributed by atoms with Gasteiger partial charge in [0.1, 0.15) is 12.1 Å². The predicted molar refractivity (Wildman–Crippen MR) is 107 cm³/mol. The van der Waals surface area contributed by atoms with Crippen molar-refractivity contribution < 1.29 is 18.0 Å². The van der Waals surface area contributed by atoms with E-state index in [1.807, 2.05) is 0 Å². The number of aromatic nitrogens is 2. The van der Waals surface area contributed by atoms with E-state index in [1.165, 1.54) is 12.4 Å². The van der Waals surface area contributed by atoms with Gasteiger partial charge in [0.2, 0.25) is 0 Å². The SMILES string of the molecule is NC(=O)c1cccc2c(NC(CN3CCC3)c3cccc(C(F)(F)F)c3)ncnc12. The molecule has 1 atom stereocenters. The van der Waals surface area contributed by atoms with Crippen molar-refractivity contribution in [1.29, 1.82) is 0 Å². The zero-order valence-corrected chi connectivity index (χ0v) is 16.0. The van der Waals surface area contributed by atoms with Gasteiger partial charge in [-0.1, -0.05) is 18.2 Å². The van der Waals surface area contributed by atoms with Gasteiger partial charge in [-0.2, -0.15) is 13.2 Å². The molecule has 1 saturated heterocycles. The smallest absolute Gasteiger partial charge is 0.366 e. The Morgan fingerprint density at radius 1 is 1.17 bits per heavy atom. The lowest BCUT2D eigenvalue weighted by Crippen LogP contribution is -2.41. The number of fused-ring (bicyclic) bond motifs is 1. The first kappa shape index (κ1) is 20.1. The number of carbonyl (C=O) groups excluding carboxylic acids is 1. The average molecular weight is 415 g/mol. The molecule has 0 bridgehead atoms. The summed E-state index contributed by atoms with van der Waals surface area (Å²) < 4.78 is 39.7. The maximum atomic E-state index is 13.2. The van der Waals surface area contributed by atoms with Crippen molar-refractivity contribution in [2.75, 3.05) is 25.0 Å². The molecule has 0 saturated carbocycles. The van der Waals surface area contributed by atoms with Crippen molar-refractivity contribution in [2.24, 2.45) is 5.73 Å². The monoisotopic (exact) mass is 415 g/mol. The van der Waals surface area contributed by atoms with Crippen molar-refractivity contribution in [1.82, 2.24) is 14.9 Å². The minimum atomic E-state index is -4.42. The number of primary amides is 1. The largest absolute Gasteiger partial charge is 0.416 e. The van der Waals surface area contributed by atoms with Gasteiger partial charge in [-0.05, 0) is 49.3 Å². The number of benzene rings is 2. The molecule has 0 radical (unpaired) electrons. The molecule has 0 aliphatic carbocycles. The molecular weight excluding hydrogens is 395 g/mol. The third-order valence-corrected chi connectivity index (χ3v) is 5.25. The van der Waals surface area contributed by atoms with Crippen LogP contribution in [0.1, 0.15) is 33.9 Å². The number of rotatable bonds is 6. The maximum Gasteiger partial charge on any atom is 0.416 e. The topological polar surface area (TPSA) is 84.1 Å². The third-order valence-electron chi connectivity index (χ3n) is 5.25. The van der Waals surface area contributed by atoms with Crippen LogP contribution < -0.4 is 11.1 Å². The highest BCUT2D eigenvalue weighted by molar-refractivity contribution is 6.06. The fourth-order valence-electron chi connectivity index (χ4n) is 3.56. The molecule has 9 heteroatoms. The van der Waals surface area contributed by atoms with E-state index in [9.17, 15) is 18.0 Å². The summed E-state index contributed by atoms with van der Waals surface area (Å²) in [6, 6.07) is 9.87. The zero-order chi connectivity index (χ0) is 21.3. The van der Waals surface area contributed by atoms with Crippen LogP contribution in [0, 0.1) is 0 Å². The van der Waals surface area contributed by atoms with Gasteiger partial charge in [0.05, 0.1) is 22.7 Å². The number of halogens is 3. The number of carbonyl (C=O) groups is 1. The molecule has 0 spiro atoms. The molecule has 1 aliphatic heterocycles. The molecule has 2 heterocycles. The summed E-state index contributed by atoms with van der Waals surface area (Å²) in [4.78, 5) is 22.3. The Kier molecular flexibility index (Phi) is 5.29. The molecule has 1 aromatic heterocycles. The van der Waals surface area contributed by atoms with Crippen molar-refractivity contribution in [3.05, 3.63) is 65.5 Å². The van der Waals surface area contributed by atoms with Gasteiger partial charge < -0.3 is 16.0 Å². The normalized spacial score (nSPS) is 15.6. The first-order valence-corrected chi connectivity index (χ1v) is 9.52. The van der Waals surface area contributed by atoms with Gasteiger partial charge in [0.15, 0.2) is 0 Å². The molecule has 2 aromatic carbocycles.